The molecule has 2 rings (SSSR count). The molecule has 15 heavy (non-hydrogen) atoms. The smallest absolute Gasteiger partial charge is 0.115 e. The first-order valence-electron chi connectivity index (χ1n) is 4.96. The third-order valence-electron chi connectivity index (χ3n) is 2.70. The van der Waals surface area contributed by atoms with Crippen LogP contribution in [-0.2, 0) is 0 Å². The Hall–Kier alpha value is -0.863. The average molecular weight is 277 g/mol. The monoisotopic (exact) mass is 276 g/mol. The summed E-state index contributed by atoms with van der Waals surface area (Å²) in [6, 6.07) is 15.0. The lowest BCUT2D eigenvalue weighted by molar-refractivity contribution is 1.77. The molecular formula is C13H13BrSi. The van der Waals surface area contributed by atoms with E-state index in [9.17, 15) is 0 Å². The Kier molecular flexibility index (Phi) is 2.80. The van der Waals surface area contributed by atoms with Gasteiger partial charge < -0.3 is 0 Å². The summed E-state index contributed by atoms with van der Waals surface area (Å²) in [5.41, 5.74) is 2.06. The van der Waals surface area contributed by atoms with Gasteiger partial charge in [-0.2, -0.15) is 0 Å². The SMILES string of the molecule is C=C[Si](C)(Br)c1cccc2ccccc12. The van der Waals surface area contributed by atoms with Crippen LogP contribution in [0.25, 0.3) is 10.8 Å². The van der Waals surface area contributed by atoms with Gasteiger partial charge in [0.2, 0.25) is 0 Å². The minimum atomic E-state index is -1.64. The molecule has 1 unspecified atom stereocenters. The Morgan fingerprint density at radius 1 is 1.13 bits per heavy atom. The molecule has 0 heterocycles. The van der Waals surface area contributed by atoms with Crippen molar-refractivity contribution in [3.05, 3.63) is 54.7 Å². The maximum atomic E-state index is 3.93. The molecule has 0 aliphatic rings. The molecule has 0 radical (unpaired) electrons. The van der Waals surface area contributed by atoms with Crippen LogP contribution in [-0.4, -0.2) is 6.69 Å². The zero-order valence-corrected chi connectivity index (χ0v) is 11.3. The Balaban J connectivity index is 2.76. The Morgan fingerprint density at radius 3 is 2.53 bits per heavy atom. The largest absolute Gasteiger partial charge is 0.180 e. The second-order valence-electron chi connectivity index (χ2n) is 3.81. The molecule has 1 atom stereocenters. The van der Waals surface area contributed by atoms with E-state index in [2.05, 4.69) is 76.6 Å². The Labute approximate surface area is 99.2 Å². The van der Waals surface area contributed by atoms with Crippen molar-refractivity contribution in [2.45, 2.75) is 6.55 Å². The zero-order valence-electron chi connectivity index (χ0n) is 8.70. The van der Waals surface area contributed by atoms with Crippen molar-refractivity contribution in [2.75, 3.05) is 0 Å². The Morgan fingerprint density at radius 2 is 1.80 bits per heavy atom. The van der Waals surface area contributed by atoms with E-state index in [0.717, 1.165) is 0 Å². The van der Waals surface area contributed by atoms with E-state index >= 15 is 0 Å². The lowest BCUT2D eigenvalue weighted by Crippen LogP contribution is -2.36. The highest BCUT2D eigenvalue weighted by Gasteiger charge is 2.23. The molecule has 0 saturated heterocycles. The summed E-state index contributed by atoms with van der Waals surface area (Å²) in [7, 11) is 0. The quantitative estimate of drug-likeness (QED) is 0.579. The van der Waals surface area contributed by atoms with Gasteiger partial charge in [-0.1, -0.05) is 54.7 Å². The number of benzene rings is 2. The minimum absolute atomic E-state index is 1.30. The fraction of sp³-hybridized carbons (Fsp3) is 0.0769. The summed E-state index contributed by atoms with van der Waals surface area (Å²) in [4.78, 5) is 0. The first-order valence-corrected chi connectivity index (χ1v) is 9.79. The molecule has 0 aliphatic carbocycles. The summed E-state index contributed by atoms with van der Waals surface area (Å²) >= 11 is 3.83. The van der Waals surface area contributed by atoms with E-state index in [1.165, 1.54) is 16.0 Å². The van der Waals surface area contributed by atoms with Crippen LogP contribution in [0.1, 0.15) is 0 Å². The summed E-state index contributed by atoms with van der Waals surface area (Å²) in [5, 5.41) is 4.04. The van der Waals surface area contributed by atoms with Crippen molar-refractivity contribution in [1.82, 2.24) is 0 Å². The second kappa shape index (κ2) is 3.95. The highest BCUT2D eigenvalue weighted by atomic mass is 79.9. The van der Waals surface area contributed by atoms with Gasteiger partial charge in [0.15, 0.2) is 6.69 Å². The van der Waals surface area contributed by atoms with Crippen LogP contribution in [0.3, 0.4) is 0 Å². The van der Waals surface area contributed by atoms with Crippen LogP contribution in [0.5, 0.6) is 0 Å². The van der Waals surface area contributed by atoms with Crippen LogP contribution in [0.4, 0.5) is 0 Å². The zero-order chi connectivity index (χ0) is 10.9. The highest BCUT2D eigenvalue weighted by molar-refractivity contribution is 9.26. The summed E-state index contributed by atoms with van der Waals surface area (Å²) in [6.45, 7) is 4.54. The molecule has 0 nitrogen and oxygen atoms in total. The summed E-state index contributed by atoms with van der Waals surface area (Å²) in [5.74, 6) is 0. The van der Waals surface area contributed by atoms with Gasteiger partial charge in [0.05, 0.1) is 0 Å². The minimum Gasteiger partial charge on any atom is -0.115 e. The standard InChI is InChI=1S/C13H13BrSi/c1-3-15(2,14)13-10-6-8-11-7-4-5-9-12(11)13/h3-10H,1H2,2H3. The molecule has 76 valence electrons. The topological polar surface area (TPSA) is 0 Å². The van der Waals surface area contributed by atoms with Gasteiger partial charge in [0.25, 0.3) is 0 Å². The molecule has 0 bridgehead atoms. The highest BCUT2D eigenvalue weighted by Crippen LogP contribution is 2.19. The average Bonchev–Trinajstić information content (AvgIpc) is 2.28. The number of hydrogen-bond acceptors (Lipinski definition) is 0. The fourth-order valence-corrected chi connectivity index (χ4v) is 4.20. The van der Waals surface area contributed by atoms with Gasteiger partial charge in [-0.3, -0.25) is 0 Å². The normalized spacial score (nSPS) is 14.8. The first kappa shape index (κ1) is 10.6. The molecule has 0 spiro atoms. The number of fused-ring (bicyclic) bond motifs is 1. The van der Waals surface area contributed by atoms with Crippen molar-refractivity contribution in [3.63, 3.8) is 0 Å². The maximum Gasteiger partial charge on any atom is 0.180 e. The van der Waals surface area contributed by atoms with Crippen LogP contribution in [0, 0.1) is 0 Å². The summed E-state index contributed by atoms with van der Waals surface area (Å²) in [6.07, 6.45) is 0. The van der Waals surface area contributed by atoms with Gasteiger partial charge in [-0.15, -0.1) is 21.9 Å². The number of halogens is 1. The van der Waals surface area contributed by atoms with E-state index in [4.69, 9.17) is 0 Å². The molecule has 0 aliphatic heterocycles. The second-order valence-corrected chi connectivity index (χ2v) is 11.8. The third kappa shape index (κ3) is 1.92. The van der Waals surface area contributed by atoms with Crippen LogP contribution in [0.15, 0.2) is 54.7 Å². The summed E-state index contributed by atoms with van der Waals surface area (Å²) < 4.78 is 0. The van der Waals surface area contributed by atoms with Gasteiger partial charge in [-0.25, -0.2) is 0 Å². The van der Waals surface area contributed by atoms with Crippen molar-refractivity contribution in [1.29, 1.82) is 0 Å². The molecule has 2 aromatic carbocycles. The van der Waals surface area contributed by atoms with Crippen LogP contribution < -0.4 is 5.19 Å². The molecule has 0 amide bonds. The van der Waals surface area contributed by atoms with Crippen LogP contribution >= 0.6 is 15.3 Å². The van der Waals surface area contributed by atoms with Crippen molar-refractivity contribution in [3.8, 4) is 0 Å². The predicted octanol–water partition coefficient (Wildman–Crippen LogP) is 3.74. The molecule has 0 fully saturated rings. The Bertz CT molecular complexity index is 497. The fourth-order valence-electron chi connectivity index (χ4n) is 1.76. The van der Waals surface area contributed by atoms with Crippen LogP contribution in [0.2, 0.25) is 6.55 Å². The molecule has 0 aromatic heterocycles. The van der Waals surface area contributed by atoms with Crippen molar-refractivity contribution >= 4 is 37.9 Å². The maximum absolute atomic E-state index is 3.93. The van der Waals surface area contributed by atoms with Gasteiger partial charge in [0, 0.05) is 0 Å². The van der Waals surface area contributed by atoms with Crippen molar-refractivity contribution < 1.29 is 0 Å². The molecule has 0 N–H and O–H groups in total. The van der Waals surface area contributed by atoms with Gasteiger partial charge in [-0.05, 0) is 16.0 Å². The van der Waals surface area contributed by atoms with E-state index in [1.807, 2.05) is 0 Å². The first-order chi connectivity index (χ1) is 7.15. The number of hydrogen-bond donors (Lipinski definition) is 0. The third-order valence-corrected chi connectivity index (χ3v) is 7.21. The molecular weight excluding hydrogens is 264 g/mol. The lowest BCUT2D eigenvalue weighted by atomic mass is 10.1. The predicted molar refractivity (Wildman–Crippen MR) is 74.3 cm³/mol. The number of rotatable bonds is 2. The molecule has 0 saturated carbocycles. The van der Waals surface area contributed by atoms with E-state index in [1.54, 1.807) is 0 Å². The van der Waals surface area contributed by atoms with E-state index in [0.29, 0.717) is 0 Å². The van der Waals surface area contributed by atoms with E-state index < -0.39 is 6.69 Å². The van der Waals surface area contributed by atoms with Gasteiger partial charge in [0.1, 0.15) is 0 Å². The van der Waals surface area contributed by atoms with E-state index in [-0.39, 0.29) is 0 Å². The van der Waals surface area contributed by atoms with Crippen molar-refractivity contribution in [2.24, 2.45) is 0 Å². The molecule has 2 aromatic rings. The van der Waals surface area contributed by atoms with Gasteiger partial charge >= 0.3 is 0 Å². The molecule has 2 heteroatoms. The lowest BCUT2D eigenvalue weighted by Gasteiger charge is -2.17.